The third-order valence-electron chi connectivity index (χ3n) is 3.43. The molecule has 1 amide bonds. The molecule has 5 nitrogen and oxygen atoms in total. The zero-order chi connectivity index (χ0) is 14.4. The number of aromatic carboxylic acids is 1. The SMILES string of the molecule is CC(C)N1c2ccc(C(=O)O)cc2NC(=O)C1(C)C. The molecule has 1 aliphatic rings. The van der Waals surface area contributed by atoms with Crippen molar-refractivity contribution in [3.8, 4) is 0 Å². The highest BCUT2D eigenvalue weighted by molar-refractivity contribution is 6.07. The van der Waals surface area contributed by atoms with Crippen molar-refractivity contribution in [1.82, 2.24) is 0 Å². The maximum atomic E-state index is 12.2. The van der Waals surface area contributed by atoms with Gasteiger partial charge >= 0.3 is 5.97 Å². The van der Waals surface area contributed by atoms with Gasteiger partial charge in [-0.05, 0) is 45.9 Å². The first-order valence-electron chi connectivity index (χ1n) is 6.23. The van der Waals surface area contributed by atoms with E-state index in [4.69, 9.17) is 5.11 Å². The molecule has 1 heterocycles. The summed E-state index contributed by atoms with van der Waals surface area (Å²) in [5.41, 5.74) is 0.913. The molecule has 0 saturated heterocycles. The number of nitrogens with zero attached hydrogens (tertiary/aromatic N) is 1. The molecular formula is C14H18N2O3. The van der Waals surface area contributed by atoms with Gasteiger partial charge in [0.25, 0.3) is 0 Å². The molecular weight excluding hydrogens is 244 g/mol. The number of nitrogens with one attached hydrogen (secondary N) is 1. The normalized spacial score (nSPS) is 17.1. The first-order chi connectivity index (χ1) is 8.75. The van der Waals surface area contributed by atoms with Crippen LogP contribution in [0.15, 0.2) is 18.2 Å². The van der Waals surface area contributed by atoms with Gasteiger partial charge in [-0.2, -0.15) is 0 Å². The molecule has 0 aromatic heterocycles. The van der Waals surface area contributed by atoms with Crippen LogP contribution in [0, 0.1) is 0 Å². The van der Waals surface area contributed by atoms with E-state index in [9.17, 15) is 9.59 Å². The lowest BCUT2D eigenvalue weighted by molar-refractivity contribution is -0.120. The molecule has 0 unspecified atom stereocenters. The van der Waals surface area contributed by atoms with Gasteiger partial charge in [-0.15, -0.1) is 0 Å². The highest BCUT2D eigenvalue weighted by Crippen LogP contribution is 2.38. The monoisotopic (exact) mass is 262 g/mol. The van der Waals surface area contributed by atoms with E-state index >= 15 is 0 Å². The van der Waals surface area contributed by atoms with Gasteiger partial charge < -0.3 is 15.3 Å². The summed E-state index contributed by atoms with van der Waals surface area (Å²) >= 11 is 0. The molecule has 1 aromatic carbocycles. The van der Waals surface area contributed by atoms with Crippen LogP contribution in [-0.2, 0) is 4.79 Å². The minimum absolute atomic E-state index is 0.128. The maximum absolute atomic E-state index is 12.2. The van der Waals surface area contributed by atoms with Crippen LogP contribution >= 0.6 is 0 Å². The van der Waals surface area contributed by atoms with Crippen molar-refractivity contribution in [2.75, 3.05) is 10.2 Å². The van der Waals surface area contributed by atoms with Gasteiger partial charge in [0.1, 0.15) is 5.54 Å². The summed E-state index contributed by atoms with van der Waals surface area (Å²) in [6.45, 7) is 7.73. The lowest BCUT2D eigenvalue weighted by atomic mass is 9.94. The van der Waals surface area contributed by atoms with E-state index in [2.05, 4.69) is 5.32 Å². The number of benzene rings is 1. The summed E-state index contributed by atoms with van der Waals surface area (Å²) in [4.78, 5) is 25.2. The molecule has 0 radical (unpaired) electrons. The summed E-state index contributed by atoms with van der Waals surface area (Å²) in [5, 5.41) is 11.8. The fraction of sp³-hybridized carbons (Fsp3) is 0.429. The van der Waals surface area contributed by atoms with Crippen LogP contribution in [0.1, 0.15) is 38.1 Å². The van der Waals surface area contributed by atoms with E-state index < -0.39 is 11.5 Å². The van der Waals surface area contributed by atoms with E-state index in [1.165, 1.54) is 6.07 Å². The van der Waals surface area contributed by atoms with Crippen molar-refractivity contribution in [3.05, 3.63) is 23.8 Å². The van der Waals surface area contributed by atoms with E-state index in [1.54, 1.807) is 12.1 Å². The second-order valence-electron chi connectivity index (χ2n) is 5.51. The lowest BCUT2D eigenvalue weighted by Gasteiger charge is -2.46. The molecule has 0 spiro atoms. The quantitative estimate of drug-likeness (QED) is 0.858. The molecule has 1 aliphatic heterocycles. The first-order valence-corrected chi connectivity index (χ1v) is 6.23. The zero-order valence-corrected chi connectivity index (χ0v) is 11.5. The summed E-state index contributed by atoms with van der Waals surface area (Å²) in [5.74, 6) is -1.13. The molecule has 2 rings (SSSR count). The van der Waals surface area contributed by atoms with Crippen LogP contribution < -0.4 is 10.2 Å². The van der Waals surface area contributed by atoms with Gasteiger partial charge in [0.15, 0.2) is 0 Å². The third kappa shape index (κ3) is 2.05. The fourth-order valence-electron chi connectivity index (χ4n) is 2.59. The maximum Gasteiger partial charge on any atom is 0.335 e. The summed E-state index contributed by atoms with van der Waals surface area (Å²) in [6.07, 6.45) is 0. The zero-order valence-electron chi connectivity index (χ0n) is 11.5. The number of carbonyl (C=O) groups excluding carboxylic acids is 1. The van der Waals surface area contributed by atoms with Crippen molar-refractivity contribution in [1.29, 1.82) is 0 Å². The molecule has 0 aliphatic carbocycles. The summed E-state index contributed by atoms with van der Waals surface area (Å²) in [7, 11) is 0. The largest absolute Gasteiger partial charge is 0.478 e. The van der Waals surface area contributed by atoms with Crippen LogP contribution in [0.2, 0.25) is 0 Å². The predicted molar refractivity (Wildman–Crippen MR) is 73.7 cm³/mol. The van der Waals surface area contributed by atoms with Crippen LogP contribution in [0.4, 0.5) is 11.4 Å². The minimum Gasteiger partial charge on any atom is -0.478 e. The number of carbonyl (C=O) groups is 2. The summed E-state index contributed by atoms with van der Waals surface area (Å²) < 4.78 is 0. The van der Waals surface area contributed by atoms with E-state index in [1.807, 2.05) is 32.6 Å². The molecule has 0 saturated carbocycles. The number of fused-ring (bicyclic) bond motifs is 1. The average molecular weight is 262 g/mol. The van der Waals surface area contributed by atoms with Gasteiger partial charge in [-0.3, -0.25) is 4.79 Å². The summed E-state index contributed by atoms with van der Waals surface area (Å²) in [6, 6.07) is 4.94. The van der Waals surface area contributed by atoms with Crippen molar-refractivity contribution in [2.24, 2.45) is 0 Å². The Morgan fingerprint density at radius 3 is 2.53 bits per heavy atom. The van der Waals surface area contributed by atoms with Crippen molar-refractivity contribution in [2.45, 2.75) is 39.3 Å². The Morgan fingerprint density at radius 2 is 2.00 bits per heavy atom. The van der Waals surface area contributed by atoms with Crippen LogP contribution in [-0.4, -0.2) is 28.6 Å². The van der Waals surface area contributed by atoms with Crippen LogP contribution in [0.3, 0.4) is 0 Å². The Morgan fingerprint density at radius 1 is 1.37 bits per heavy atom. The van der Waals surface area contributed by atoms with E-state index in [0.717, 1.165) is 5.69 Å². The Labute approximate surface area is 112 Å². The highest BCUT2D eigenvalue weighted by Gasteiger charge is 2.41. The number of carboxylic acid groups (broad SMARTS) is 1. The molecule has 0 fully saturated rings. The van der Waals surface area contributed by atoms with Gasteiger partial charge in [-0.1, -0.05) is 0 Å². The number of hydrogen-bond donors (Lipinski definition) is 2. The van der Waals surface area contributed by atoms with Gasteiger partial charge in [0.2, 0.25) is 5.91 Å². The fourth-order valence-corrected chi connectivity index (χ4v) is 2.59. The van der Waals surface area contributed by atoms with E-state index in [-0.39, 0.29) is 17.5 Å². The van der Waals surface area contributed by atoms with Gasteiger partial charge in [-0.25, -0.2) is 4.79 Å². The highest BCUT2D eigenvalue weighted by atomic mass is 16.4. The second kappa shape index (κ2) is 4.26. The lowest BCUT2D eigenvalue weighted by Crippen LogP contribution is -2.58. The Hall–Kier alpha value is -2.04. The molecule has 1 aromatic rings. The molecule has 0 bridgehead atoms. The predicted octanol–water partition coefficient (Wildman–Crippen LogP) is 2.33. The van der Waals surface area contributed by atoms with Crippen LogP contribution in [0.25, 0.3) is 0 Å². The molecule has 0 atom stereocenters. The van der Waals surface area contributed by atoms with Gasteiger partial charge in [0.05, 0.1) is 16.9 Å². The number of carboxylic acids is 1. The molecule has 102 valence electrons. The number of hydrogen-bond acceptors (Lipinski definition) is 3. The second-order valence-corrected chi connectivity index (χ2v) is 5.51. The topological polar surface area (TPSA) is 69.6 Å². The Balaban J connectivity index is 2.59. The van der Waals surface area contributed by atoms with Gasteiger partial charge in [0, 0.05) is 6.04 Å². The number of rotatable bonds is 2. The number of anilines is 2. The Bertz CT molecular complexity index is 550. The van der Waals surface area contributed by atoms with E-state index in [0.29, 0.717) is 5.69 Å². The third-order valence-corrected chi connectivity index (χ3v) is 3.43. The van der Waals surface area contributed by atoms with Crippen LogP contribution in [0.5, 0.6) is 0 Å². The van der Waals surface area contributed by atoms with Crippen molar-refractivity contribution < 1.29 is 14.7 Å². The minimum atomic E-state index is -1.00. The smallest absolute Gasteiger partial charge is 0.335 e. The van der Waals surface area contributed by atoms with Crippen molar-refractivity contribution in [3.63, 3.8) is 0 Å². The number of amides is 1. The Kier molecular flexibility index (Phi) is 3.00. The molecule has 5 heteroatoms. The molecule has 2 N–H and O–H groups in total. The van der Waals surface area contributed by atoms with Crippen molar-refractivity contribution >= 4 is 23.3 Å². The molecule has 19 heavy (non-hydrogen) atoms. The standard InChI is InChI=1S/C14H18N2O3/c1-8(2)16-11-6-5-9(12(17)18)7-10(11)15-13(19)14(16,3)4/h5-8H,1-4H3,(H,15,19)(H,17,18). The average Bonchev–Trinajstić information content (AvgIpc) is 2.28. The first kappa shape index (κ1) is 13.4.